The molecule has 0 aliphatic carbocycles. The van der Waals surface area contributed by atoms with Gasteiger partial charge in [0.05, 0.1) is 27.1 Å². The Morgan fingerprint density at radius 2 is 1.86 bits per heavy atom. The molecule has 0 saturated heterocycles. The number of hydrogen-bond acceptors (Lipinski definition) is 6. The molecule has 0 aliphatic rings. The minimum absolute atomic E-state index is 0.634. The molecule has 0 saturated carbocycles. The number of pyridine rings is 1. The summed E-state index contributed by atoms with van der Waals surface area (Å²) in [4.78, 5) is 8.73. The number of rotatable bonds is 2. The average Bonchev–Trinajstić information content (AvgIpc) is 2.97. The van der Waals surface area contributed by atoms with E-state index in [9.17, 15) is 0 Å². The number of anilines is 1. The Bertz CT molecular complexity index is 973. The standard InChI is InChI=1S/C16H11N5S/c17-11-7-8-12(10-4-3-9-18-15(10)11)20-21-16-19-13-5-1-2-6-14(13)22-16/h1-9H,17H2. The van der Waals surface area contributed by atoms with E-state index in [1.54, 1.807) is 12.3 Å². The molecule has 0 spiro atoms. The van der Waals surface area contributed by atoms with E-state index in [1.807, 2.05) is 42.5 Å². The molecule has 0 radical (unpaired) electrons. The van der Waals surface area contributed by atoms with Crippen LogP contribution in [0.1, 0.15) is 0 Å². The van der Waals surface area contributed by atoms with Crippen LogP contribution in [0.5, 0.6) is 0 Å². The fraction of sp³-hybridized carbons (Fsp3) is 0. The van der Waals surface area contributed by atoms with Crippen molar-refractivity contribution in [2.45, 2.75) is 0 Å². The maximum absolute atomic E-state index is 5.94. The molecule has 5 nitrogen and oxygen atoms in total. The van der Waals surface area contributed by atoms with Crippen molar-refractivity contribution < 1.29 is 0 Å². The van der Waals surface area contributed by atoms with Crippen molar-refractivity contribution in [1.29, 1.82) is 0 Å². The first-order valence-electron chi connectivity index (χ1n) is 6.72. The van der Waals surface area contributed by atoms with Gasteiger partial charge in [-0.05, 0) is 36.4 Å². The zero-order valence-corrected chi connectivity index (χ0v) is 12.3. The van der Waals surface area contributed by atoms with Crippen molar-refractivity contribution in [3.63, 3.8) is 0 Å². The number of para-hydroxylation sites is 1. The van der Waals surface area contributed by atoms with Gasteiger partial charge in [0.15, 0.2) is 0 Å². The number of fused-ring (bicyclic) bond motifs is 2. The number of nitrogens with two attached hydrogens (primary N) is 1. The molecule has 0 bridgehead atoms. The molecule has 22 heavy (non-hydrogen) atoms. The summed E-state index contributed by atoms with van der Waals surface area (Å²) in [7, 11) is 0. The van der Waals surface area contributed by atoms with Crippen molar-refractivity contribution in [2.24, 2.45) is 10.2 Å². The van der Waals surface area contributed by atoms with Crippen LogP contribution < -0.4 is 5.73 Å². The second kappa shape index (κ2) is 5.16. The third-order valence-corrected chi connectivity index (χ3v) is 4.22. The van der Waals surface area contributed by atoms with Gasteiger partial charge < -0.3 is 5.73 Å². The van der Waals surface area contributed by atoms with Gasteiger partial charge >= 0.3 is 0 Å². The van der Waals surface area contributed by atoms with Crippen molar-refractivity contribution in [2.75, 3.05) is 5.73 Å². The molecule has 2 aromatic carbocycles. The maximum Gasteiger partial charge on any atom is 0.231 e. The van der Waals surface area contributed by atoms with Gasteiger partial charge in [-0.25, -0.2) is 4.98 Å². The predicted molar refractivity (Wildman–Crippen MR) is 90.0 cm³/mol. The Labute approximate surface area is 130 Å². The van der Waals surface area contributed by atoms with Crippen molar-refractivity contribution >= 4 is 49.0 Å². The quantitative estimate of drug-likeness (QED) is 0.425. The van der Waals surface area contributed by atoms with Crippen LogP contribution in [0.4, 0.5) is 16.5 Å². The summed E-state index contributed by atoms with van der Waals surface area (Å²) in [5.74, 6) is 0. The molecule has 2 aromatic heterocycles. The largest absolute Gasteiger partial charge is 0.397 e. The lowest BCUT2D eigenvalue weighted by Crippen LogP contribution is -1.88. The van der Waals surface area contributed by atoms with Gasteiger partial charge in [0.25, 0.3) is 0 Å². The third kappa shape index (κ3) is 2.19. The summed E-state index contributed by atoms with van der Waals surface area (Å²) < 4.78 is 1.10. The number of aromatic nitrogens is 2. The van der Waals surface area contributed by atoms with Crippen molar-refractivity contribution in [3.8, 4) is 0 Å². The van der Waals surface area contributed by atoms with E-state index in [0.717, 1.165) is 26.8 Å². The van der Waals surface area contributed by atoms with E-state index in [0.29, 0.717) is 10.8 Å². The molecule has 2 N–H and O–H groups in total. The fourth-order valence-corrected chi connectivity index (χ4v) is 3.05. The topological polar surface area (TPSA) is 76.5 Å². The van der Waals surface area contributed by atoms with Crippen LogP contribution in [-0.4, -0.2) is 9.97 Å². The summed E-state index contributed by atoms with van der Waals surface area (Å²) in [6.45, 7) is 0. The van der Waals surface area contributed by atoms with Gasteiger partial charge in [-0.3, -0.25) is 4.98 Å². The smallest absolute Gasteiger partial charge is 0.231 e. The van der Waals surface area contributed by atoms with Crippen LogP contribution in [0, 0.1) is 0 Å². The SMILES string of the molecule is Nc1ccc(N=Nc2nc3ccccc3s2)c2cccnc12. The number of hydrogen-bond donors (Lipinski definition) is 1. The van der Waals surface area contributed by atoms with Gasteiger partial charge in [0, 0.05) is 11.6 Å². The highest BCUT2D eigenvalue weighted by Crippen LogP contribution is 2.32. The Balaban J connectivity index is 1.78. The Kier molecular flexibility index (Phi) is 3.01. The zero-order valence-electron chi connectivity index (χ0n) is 11.5. The van der Waals surface area contributed by atoms with Gasteiger partial charge in [-0.15, -0.1) is 10.2 Å². The number of azo groups is 1. The highest BCUT2D eigenvalue weighted by atomic mass is 32.1. The van der Waals surface area contributed by atoms with E-state index in [1.165, 1.54) is 11.3 Å². The van der Waals surface area contributed by atoms with Crippen LogP contribution in [-0.2, 0) is 0 Å². The first-order chi connectivity index (χ1) is 10.8. The highest BCUT2D eigenvalue weighted by molar-refractivity contribution is 7.21. The van der Waals surface area contributed by atoms with E-state index >= 15 is 0 Å². The lowest BCUT2D eigenvalue weighted by molar-refractivity contribution is 1.21. The lowest BCUT2D eigenvalue weighted by Gasteiger charge is -2.02. The van der Waals surface area contributed by atoms with Crippen LogP contribution in [0.15, 0.2) is 65.0 Å². The number of nitrogen functional groups attached to an aromatic ring is 1. The fourth-order valence-electron chi connectivity index (χ4n) is 2.27. The summed E-state index contributed by atoms with van der Waals surface area (Å²) in [6.07, 6.45) is 1.72. The second-order valence-corrected chi connectivity index (χ2v) is 5.75. The summed E-state index contributed by atoms with van der Waals surface area (Å²) in [6, 6.07) is 15.4. The van der Waals surface area contributed by atoms with E-state index in [4.69, 9.17) is 5.73 Å². The molecule has 0 aliphatic heterocycles. The first-order valence-corrected chi connectivity index (χ1v) is 7.53. The third-order valence-electron chi connectivity index (χ3n) is 3.30. The zero-order chi connectivity index (χ0) is 14.9. The number of thiazole rings is 1. The molecule has 0 atom stereocenters. The van der Waals surface area contributed by atoms with Gasteiger partial charge in [0.2, 0.25) is 5.13 Å². The molecule has 4 aromatic rings. The van der Waals surface area contributed by atoms with Gasteiger partial charge in [-0.2, -0.15) is 0 Å². The summed E-state index contributed by atoms with van der Waals surface area (Å²) in [5.41, 5.74) is 8.98. The number of benzene rings is 2. The van der Waals surface area contributed by atoms with E-state index < -0.39 is 0 Å². The van der Waals surface area contributed by atoms with Crippen molar-refractivity contribution in [1.82, 2.24) is 9.97 Å². The van der Waals surface area contributed by atoms with Crippen LogP contribution in [0.2, 0.25) is 0 Å². The van der Waals surface area contributed by atoms with Gasteiger partial charge in [-0.1, -0.05) is 23.5 Å². The molecule has 106 valence electrons. The number of nitrogens with zero attached hydrogens (tertiary/aromatic N) is 4. The Morgan fingerprint density at radius 3 is 2.77 bits per heavy atom. The monoisotopic (exact) mass is 305 g/mol. The Morgan fingerprint density at radius 1 is 0.955 bits per heavy atom. The minimum atomic E-state index is 0.634. The maximum atomic E-state index is 5.94. The molecule has 2 heterocycles. The van der Waals surface area contributed by atoms with Crippen LogP contribution in [0.25, 0.3) is 21.1 Å². The lowest BCUT2D eigenvalue weighted by atomic mass is 10.1. The molecule has 6 heteroatoms. The minimum Gasteiger partial charge on any atom is -0.397 e. The molecular weight excluding hydrogens is 294 g/mol. The normalized spacial score (nSPS) is 11.6. The molecular formula is C16H11N5S. The molecule has 0 amide bonds. The van der Waals surface area contributed by atoms with Crippen molar-refractivity contribution in [3.05, 3.63) is 54.7 Å². The van der Waals surface area contributed by atoms with Crippen LogP contribution in [0.3, 0.4) is 0 Å². The second-order valence-electron chi connectivity index (χ2n) is 4.74. The molecule has 4 rings (SSSR count). The summed E-state index contributed by atoms with van der Waals surface area (Å²) in [5, 5.41) is 10.1. The molecule has 0 fully saturated rings. The highest BCUT2D eigenvalue weighted by Gasteiger charge is 2.05. The van der Waals surface area contributed by atoms with E-state index in [2.05, 4.69) is 20.2 Å². The molecule has 0 unspecified atom stereocenters. The van der Waals surface area contributed by atoms with Crippen LogP contribution >= 0.6 is 11.3 Å². The Hall–Kier alpha value is -2.86. The van der Waals surface area contributed by atoms with E-state index in [-0.39, 0.29) is 0 Å². The first kappa shape index (κ1) is 12.8. The predicted octanol–water partition coefficient (Wildman–Crippen LogP) is 4.84. The average molecular weight is 305 g/mol. The summed E-state index contributed by atoms with van der Waals surface area (Å²) >= 11 is 1.51. The van der Waals surface area contributed by atoms with Gasteiger partial charge in [0.1, 0.15) is 0 Å².